The molecular formula is C21H22F3N5. The first-order valence-electron chi connectivity index (χ1n) is 9.13. The van der Waals surface area contributed by atoms with Gasteiger partial charge in [0.1, 0.15) is 11.6 Å². The number of hydrogen-bond donors (Lipinski definition) is 1. The zero-order chi connectivity index (χ0) is 21.1. The number of nitrogens with zero attached hydrogens (tertiary/aromatic N) is 4. The Kier molecular flexibility index (Phi) is 6.12. The lowest BCUT2D eigenvalue weighted by Gasteiger charge is -2.13. The van der Waals surface area contributed by atoms with Gasteiger partial charge in [-0.15, -0.1) is 0 Å². The third-order valence-electron chi connectivity index (χ3n) is 4.74. The molecule has 8 heteroatoms. The van der Waals surface area contributed by atoms with E-state index in [1.807, 2.05) is 24.6 Å². The molecule has 29 heavy (non-hydrogen) atoms. The van der Waals surface area contributed by atoms with Gasteiger partial charge >= 0.3 is 0 Å². The van der Waals surface area contributed by atoms with Crippen LogP contribution in [0.25, 0.3) is 17.0 Å². The van der Waals surface area contributed by atoms with Crippen molar-refractivity contribution >= 4 is 17.0 Å². The minimum Gasteiger partial charge on any atom is -0.331 e. The topological polar surface area (TPSA) is 69.1 Å². The van der Waals surface area contributed by atoms with E-state index in [9.17, 15) is 13.2 Å². The Morgan fingerprint density at radius 1 is 1.28 bits per heavy atom. The van der Waals surface area contributed by atoms with Crippen LogP contribution in [0.1, 0.15) is 42.0 Å². The SMILES string of the molecule is Cc1n/c(=N\[C@H](C)c2cccc(C(F)F)c2F)c2cc(/C=C/CN)ncc2n1C. The van der Waals surface area contributed by atoms with Crippen LogP contribution in [-0.4, -0.2) is 21.1 Å². The minimum atomic E-state index is -2.89. The van der Waals surface area contributed by atoms with Crippen LogP contribution >= 0.6 is 0 Å². The average Bonchev–Trinajstić information content (AvgIpc) is 2.70. The molecule has 5 nitrogen and oxygen atoms in total. The van der Waals surface area contributed by atoms with Crippen molar-refractivity contribution in [1.29, 1.82) is 0 Å². The van der Waals surface area contributed by atoms with Crippen molar-refractivity contribution in [3.63, 3.8) is 0 Å². The van der Waals surface area contributed by atoms with Gasteiger partial charge in [-0.2, -0.15) is 0 Å². The summed E-state index contributed by atoms with van der Waals surface area (Å²) in [5.74, 6) is -0.244. The van der Waals surface area contributed by atoms with E-state index in [0.717, 1.165) is 17.0 Å². The molecule has 152 valence electrons. The lowest BCUT2D eigenvalue weighted by Crippen LogP contribution is -2.18. The predicted molar refractivity (Wildman–Crippen MR) is 107 cm³/mol. The summed E-state index contributed by atoms with van der Waals surface area (Å²) in [7, 11) is 1.86. The number of alkyl halides is 2. The van der Waals surface area contributed by atoms with Crippen LogP contribution in [-0.2, 0) is 7.05 Å². The number of pyridine rings is 1. The van der Waals surface area contributed by atoms with Gasteiger partial charge in [0.05, 0.1) is 29.0 Å². The minimum absolute atomic E-state index is 0.0981. The number of aromatic nitrogens is 3. The molecule has 2 aromatic heterocycles. The summed E-state index contributed by atoms with van der Waals surface area (Å²) in [5, 5.41) is 0.724. The van der Waals surface area contributed by atoms with E-state index in [0.29, 0.717) is 23.6 Å². The number of aryl methyl sites for hydroxylation is 2. The molecule has 0 amide bonds. The number of benzene rings is 1. The van der Waals surface area contributed by atoms with Gasteiger partial charge in [0.25, 0.3) is 6.43 Å². The number of nitrogens with two attached hydrogens (primary N) is 1. The van der Waals surface area contributed by atoms with Crippen LogP contribution in [0.5, 0.6) is 0 Å². The molecule has 0 fully saturated rings. The maximum Gasteiger partial charge on any atom is 0.266 e. The summed E-state index contributed by atoms with van der Waals surface area (Å²) in [6.07, 6.45) is 2.39. The molecule has 0 saturated heterocycles. The van der Waals surface area contributed by atoms with Crippen LogP contribution in [0.2, 0.25) is 0 Å². The zero-order valence-corrected chi connectivity index (χ0v) is 16.4. The smallest absolute Gasteiger partial charge is 0.266 e. The van der Waals surface area contributed by atoms with Gasteiger partial charge in [0.2, 0.25) is 0 Å². The highest BCUT2D eigenvalue weighted by Crippen LogP contribution is 2.28. The van der Waals surface area contributed by atoms with Crippen LogP contribution in [0.4, 0.5) is 13.2 Å². The standard InChI is InChI=1S/C21H22F3N5/c1-12(15-7-4-8-16(19(15)22)20(23)24)27-21-17-10-14(6-5-9-25)26-11-18(17)29(3)13(2)28-21/h4-8,10-12,20H,9,25H2,1-3H3/b6-5+,27-21-/t12-/m1/s1. The van der Waals surface area contributed by atoms with E-state index in [2.05, 4.69) is 15.0 Å². The van der Waals surface area contributed by atoms with Gasteiger partial charge in [-0.25, -0.2) is 18.2 Å². The third kappa shape index (κ3) is 4.22. The van der Waals surface area contributed by atoms with E-state index < -0.39 is 23.8 Å². The molecule has 0 unspecified atom stereocenters. The molecule has 0 aliphatic heterocycles. The van der Waals surface area contributed by atoms with Crippen molar-refractivity contribution < 1.29 is 13.2 Å². The second-order valence-electron chi connectivity index (χ2n) is 6.66. The Bertz CT molecular complexity index is 1140. The normalized spacial score (nSPS) is 13.7. The first-order chi connectivity index (χ1) is 13.8. The van der Waals surface area contributed by atoms with Gasteiger partial charge in [0.15, 0.2) is 5.49 Å². The summed E-state index contributed by atoms with van der Waals surface area (Å²) in [6.45, 7) is 3.86. The number of rotatable bonds is 5. The van der Waals surface area contributed by atoms with Gasteiger partial charge in [-0.05, 0) is 26.0 Å². The number of hydrogen-bond acceptors (Lipinski definition) is 4. The van der Waals surface area contributed by atoms with Crippen LogP contribution < -0.4 is 11.2 Å². The average molecular weight is 401 g/mol. The molecule has 0 aliphatic carbocycles. The Morgan fingerprint density at radius 2 is 2.00 bits per heavy atom. The fraction of sp³-hybridized carbons (Fsp3) is 0.286. The summed E-state index contributed by atoms with van der Waals surface area (Å²) < 4.78 is 42.5. The van der Waals surface area contributed by atoms with Crippen molar-refractivity contribution in [2.24, 2.45) is 17.8 Å². The molecule has 2 heterocycles. The van der Waals surface area contributed by atoms with E-state index in [1.165, 1.54) is 12.1 Å². The van der Waals surface area contributed by atoms with Gasteiger partial charge in [0, 0.05) is 24.5 Å². The highest BCUT2D eigenvalue weighted by atomic mass is 19.3. The summed E-state index contributed by atoms with van der Waals surface area (Å²) in [4.78, 5) is 13.5. The Labute approximate surface area is 166 Å². The molecular weight excluding hydrogens is 379 g/mol. The van der Waals surface area contributed by atoms with Crippen molar-refractivity contribution in [2.75, 3.05) is 6.54 Å². The molecule has 1 atom stereocenters. The van der Waals surface area contributed by atoms with Crippen molar-refractivity contribution in [3.05, 3.63) is 70.5 Å². The second kappa shape index (κ2) is 8.57. The van der Waals surface area contributed by atoms with Crippen molar-refractivity contribution in [2.45, 2.75) is 26.3 Å². The maximum absolute atomic E-state index is 14.5. The summed E-state index contributed by atoms with van der Waals surface area (Å²) in [6, 6.07) is 5.08. The molecule has 0 bridgehead atoms. The van der Waals surface area contributed by atoms with Crippen LogP contribution in [0, 0.1) is 12.7 Å². The van der Waals surface area contributed by atoms with Gasteiger partial charge in [-0.3, -0.25) is 9.98 Å². The number of halogens is 3. The molecule has 0 radical (unpaired) electrons. The van der Waals surface area contributed by atoms with E-state index in [1.54, 1.807) is 25.3 Å². The van der Waals surface area contributed by atoms with Gasteiger partial charge < -0.3 is 10.3 Å². The Hall–Kier alpha value is -3.00. The van der Waals surface area contributed by atoms with E-state index >= 15 is 0 Å². The Morgan fingerprint density at radius 3 is 2.69 bits per heavy atom. The van der Waals surface area contributed by atoms with Crippen molar-refractivity contribution in [1.82, 2.24) is 14.5 Å². The molecule has 1 aromatic carbocycles. The van der Waals surface area contributed by atoms with Crippen LogP contribution in [0.3, 0.4) is 0 Å². The highest BCUT2D eigenvalue weighted by molar-refractivity contribution is 5.79. The zero-order valence-electron chi connectivity index (χ0n) is 16.4. The second-order valence-corrected chi connectivity index (χ2v) is 6.66. The van der Waals surface area contributed by atoms with E-state index in [4.69, 9.17) is 5.73 Å². The Balaban J connectivity index is 2.20. The fourth-order valence-corrected chi connectivity index (χ4v) is 3.06. The molecule has 3 rings (SSSR count). The lowest BCUT2D eigenvalue weighted by atomic mass is 10.0. The molecule has 0 aliphatic rings. The van der Waals surface area contributed by atoms with Crippen LogP contribution in [0.15, 0.2) is 41.5 Å². The van der Waals surface area contributed by atoms with Gasteiger partial charge in [-0.1, -0.05) is 24.3 Å². The lowest BCUT2D eigenvalue weighted by molar-refractivity contribution is 0.146. The highest BCUT2D eigenvalue weighted by Gasteiger charge is 2.19. The summed E-state index contributed by atoms with van der Waals surface area (Å²) in [5.41, 5.74) is 6.85. The molecule has 0 spiro atoms. The monoisotopic (exact) mass is 401 g/mol. The maximum atomic E-state index is 14.5. The molecule has 0 saturated carbocycles. The molecule has 2 N–H and O–H groups in total. The first kappa shape index (κ1) is 20.7. The largest absolute Gasteiger partial charge is 0.331 e. The summed E-state index contributed by atoms with van der Waals surface area (Å²) >= 11 is 0. The van der Waals surface area contributed by atoms with E-state index in [-0.39, 0.29) is 5.56 Å². The third-order valence-corrected chi connectivity index (χ3v) is 4.74. The first-order valence-corrected chi connectivity index (χ1v) is 9.13. The van der Waals surface area contributed by atoms with Crippen molar-refractivity contribution in [3.8, 4) is 0 Å². The fourth-order valence-electron chi connectivity index (χ4n) is 3.06. The molecule has 3 aromatic rings. The number of fused-ring (bicyclic) bond motifs is 1. The quantitative estimate of drug-likeness (QED) is 0.703. The predicted octanol–water partition coefficient (Wildman–Crippen LogP) is 3.99.